The number of fused-ring (bicyclic) bond motifs is 1. The van der Waals surface area contributed by atoms with Gasteiger partial charge in [0.25, 0.3) is 5.56 Å². The molecule has 0 saturated carbocycles. The van der Waals surface area contributed by atoms with Gasteiger partial charge in [-0.05, 0) is 24.6 Å². The molecule has 2 rings (SSSR count). The van der Waals surface area contributed by atoms with Crippen LogP contribution in [0.4, 0.5) is 0 Å². The van der Waals surface area contributed by atoms with Crippen LogP contribution >= 0.6 is 15.9 Å². The van der Waals surface area contributed by atoms with Crippen molar-refractivity contribution in [1.82, 2.24) is 20.2 Å². The van der Waals surface area contributed by atoms with E-state index >= 15 is 0 Å². The van der Waals surface area contributed by atoms with Crippen LogP contribution in [0.3, 0.4) is 0 Å². The third-order valence-electron chi connectivity index (χ3n) is 3.55. The van der Waals surface area contributed by atoms with Crippen LogP contribution in [0.5, 0.6) is 0 Å². The number of rotatable bonds is 7. The van der Waals surface area contributed by atoms with Crippen molar-refractivity contribution in [1.29, 1.82) is 0 Å². The molecule has 0 saturated heterocycles. The summed E-state index contributed by atoms with van der Waals surface area (Å²) in [7, 11) is 0. The van der Waals surface area contributed by atoms with E-state index in [1.54, 1.807) is 18.2 Å². The van der Waals surface area contributed by atoms with E-state index in [0.29, 0.717) is 30.4 Å². The highest BCUT2D eigenvalue weighted by Gasteiger charge is 2.09. The summed E-state index contributed by atoms with van der Waals surface area (Å²) in [5, 5.41) is 5.64. The monoisotopic (exact) mass is 410 g/mol. The van der Waals surface area contributed by atoms with Crippen LogP contribution in [0.25, 0.3) is 10.9 Å². The van der Waals surface area contributed by atoms with E-state index in [4.69, 9.17) is 0 Å². The van der Waals surface area contributed by atoms with Crippen molar-refractivity contribution < 1.29 is 9.59 Å². The van der Waals surface area contributed by atoms with Gasteiger partial charge >= 0.3 is 5.69 Å². The fourth-order valence-corrected chi connectivity index (χ4v) is 2.71. The number of nitrogens with one attached hydrogen (secondary N) is 3. The van der Waals surface area contributed by atoms with E-state index in [1.807, 2.05) is 0 Å². The van der Waals surface area contributed by atoms with Gasteiger partial charge in [0, 0.05) is 37.5 Å². The average Bonchev–Trinajstić information content (AvgIpc) is 2.55. The Morgan fingerprint density at radius 3 is 2.64 bits per heavy atom. The van der Waals surface area contributed by atoms with Gasteiger partial charge in [0.2, 0.25) is 11.8 Å². The molecule has 0 aliphatic carbocycles. The van der Waals surface area contributed by atoms with Crippen LogP contribution in [-0.2, 0) is 16.1 Å². The number of amides is 2. The number of aromatic amines is 1. The van der Waals surface area contributed by atoms with Crippen molar-refractivity contribution in [3.8, 4) is 0 Å². The van der Waals surface area contributed by atoms with Crippen LogP contribution in [0, 0.1) is 0 Å². The smallest absolute Gasteiger partial charge is 0.328 e. The van der Waals surface area contributed by atoms with Gasteiger partial charge in [-0.2, -0.15) is 0 Å². The number of nitrogens with zero attached hydrogens (tertiary/aromatic N) is 1. The Kier molecular flexibility index (Phi) is 6.51. The van der Waals surface area contributed by atoms with Crippen molar-refractivity contribution in [3.63, 3.8) is 0 Å². The third kappa shape index (κ3) is 5.28. The summed E-state index contributed by atoms with van der Waals surface area (Å²) in [5.41, 5.74) is -0.401. The van der Waals surface area contributed by atoms with Crippen molar-refractivity contribution >= 4 is 38.6 Å². The molecular formula is C16H19BrN4O4. The molecule has 3 N–H and O–H groups in total. The van der Waals surface area contributed by atoms with Crippen LogP contribution in [-0.4, -0.2) is 34.5 Å². The summed E-state index contributed by atoms with van der Waals surface area (Å²) in [6, 6.07) is 5.06. The number of benzene rings is 1. The SMILES string of the molecule is CC(=O)NCCNC(=O)CCCn1c(=O)[nH]c2ccc(Br)cc2c1=O. The normalized spacial score (nSPS) is 10.6. The first-order chi connectivity index (χ1) is 11.9. The average molecular weight is 411 g/mol. The van der Waals surface area contributed by atoms with Gasteiger partial charge < -0.3 is 15.6 Å². The molecule has 0 aliphatic heterocycles. The predicted octanol–water partition coefficient (Wildman–Crippen LogP) is 0.485. The number of carbonyl (C=O) groups excluding carboxylic acids is 2. The number of aromatic nitrogens is 2. The fourth-order valence-electron chi connectivity index (χ4n) is 2.35. The maximum absolute atomic E-state index is 12.4. The number of hydrogen-bond acceptors (Lipinski definition) is 4. The quantitative estimate of drug-likeness (QED) is 0.576. The molecule has 2 aromatic rings. The topological polar surface area (TPSA) is 113 Å². The van der Waals surface area contributed by atoms with Gasteiger partial charge in [-0.3, -0.25) is 19.0 Å². The molecule has 9 heteroatoms. The van der Waals surface area contributed by atoms with E-state index in [1.165, 1.54) is 6.92 Å². The molecule has 2 amide bonds. The zero-order valence-electron chi connectivity index (χ0n) is 13.7. The molecule has 0 atom stereocenters. The first kappa shape index (κ1) is 18.9. The van der Waals surface area contributed by atoms with E-state index in [0.717, 1.165) is 9.04 Å². The van der Waals surface area contributed by atoms with Gasteiger partial charge in [-0.25, -0.2) is 4.79 Å². The largest absolute Gasteiger partial charge is 0.355 e. The highest BCUT2D eigenvalue weighted by atomic mass is 79.9. The molecule has 134 valence electrons. The molecule has 1 heterocycles. The van der Waals surface area contributed by atoms with E-state index in [2.05, 4.69) is 31.5 Å². The first-order valence-electron chi connectivity index (χ1n) is 7.82. The van der Waals surface area contributed by atoms with Crippen LogP contribution in [0.2, 0.25) is 0 Å². The lowest BCUT2D eigenvalue weighted by Gasteiger charge is -2.08. The Morgan fingerprint density at radius 1 is 1.20 bits per heavy atom. The molecular weight excluding hydrogens is 392 g/mol. The van der Waals surface area contributed by atoms with Gasteiger partial charge in [-0.15, -0.1) is 0 Å². The molecule has 25 heavy (non-hydrogen) atoms. The lowest BCUT2D eigenvalue weighted by molar-refractivity contribution is -0.122. The third-order valence-corrected chi connectivity index (χ3v) is 4.04. The molecule has 1 aromatic carbocycles. The molecule has 1 aromatic heterocycles. The molecule has 0 bridgehead atoms. The van der Waals surface area contributed by atoms with Gasteiger partial charge in [-0.1, -0.05) is 15.9 Å². The minimum Gasteiger partial charge on any atom is -0.355 e. The van der Waals surface area contributed by atoms with Gasteiger partial charge in [0.1, 0.15) is 0 Å². The maximum atomic E-state index is 12.4. The summed E-state index contributed by atoms with van der Waals surface area (Å²) in [4.78, 5) is 49.5. The number of carbonyl (C=O) groups is 2. The second kappa shape index (κ2) is 8.61. The van der Waals surface area contributed by atoms with E-state index in [-0.39, 0.29) is 30.3 Å². The Morgan fingerprint density at radius 2 is 1.92 bits per heavy atom. The number of H-pyrrole nitrogens is 1. The Bertz CT molecular complexity index is 903. The summed E-state index contributed by atoms with van der Waals surface area (Å²) < 4.78 is 1.84. The summed E-state index contributed by atoms with van der Waals surface area (Å²) in [5.74, 6) is -0.353. The maximum Gasteiger partial charge on any atom is 0.328 e. The highest BCUT2D eigenvalue weighted by Crippen LogP contribution is 2.14. The Balaban J connectivity index is 1.95. The van der Waals surface area contributed by atoms with Crippen molar-refractivity contribution in [2.24, 2.45) is 0 Å². The fraction of sp³-hybridized carbons (Fsp3) is 0.375. The zero-order chi connectivity index (χ0) is 18.4. The number of hydrogen-bond donors (Lipinski definition) is 3. The van der Waals surface area contributed by atoms with Crippen molar-refractivity contribution in [2.75, 3.05) is 13.1 Å². The second-order valence-electron chi connectivity index (χ2n) is 5.51. The van der Waals surface area contributed by atoms with Crippen molar-refractivity contribution in [3.05, 3.63) is 43.5 Å². The Labute approximate surface area is 151 Å². The molecule has 8 nitrogen and oxygen atoms in total. The minimum absolute atomic E-state index is 0.149. The van der Waals surface area contributed by atoms with Crippen LogP contribution in [0.15, 0.2) is 32.3 Å². The molecule has 0 aliphatic rings. The molecule has 0 radical (unpaired) electrons. The highest BCUT2D eigenvalue weighted by molar-refractivity contribution is 9.10. The lowest BCUT2D eigenvalue weighted by atomic mass is 10.2. The van der Waals surface area contributed by atoms with Crippen molar-refractivity contribution in [2.45, 2.75) is 26.3 Å². The summed E-state index contributed by atoms with van der Waals surface area (Å²) in [6.07, 6.45) is 0.539. The standard InChI is InChI=1S/C16H19BrN4O4/c1-10(22)18-6-7-19-14(23)3-2-8-21-15(24)12-9-11(17)4-5-13(12)20-16(21)25/h4-5,9H,2-3,6-8H2,1H3,(H,18,22)(H,19,23)(H,20,25). The van der Waals surface area contributed by atoms with E-state index in [9.17, 15) is 19.2 Å². The molecule has 0 spiro atoms. The molecule has 0 unspecified atom stereocenters. The minimum atomic E-state index is -0.495. The zero-order valence-corrected chi connectivity index (χ0v) is 15.3. The molecule has 0 fully saturated rings. The summed E-state index contributed by atoms with van der Waals surface area (Å²) in [6.45, 7) is 2.25. The lowest BCUT2D eigenvalue weighted by Crippen LogP contribution is -2.36. The van der Waals surface area contributed by atoms with Crippen LogP contribution < -0.4 is 21.9 Å². The summed E-state index contributed by atoms with van der Waals surface area (Å²) >= 11 is 3.30. The Hall–Kier alpha value is -2.42. The van der Waals surface area contributed by atoms with E-state index < -0.39 is 5.69 Å². The number of halogens is 1. The second-order valence-corrected chi connectivity index (χ2v) is 6.43. The van der Waals surface area contributed by atoms with Crippen LogP contribution in [0.1, 0.15) is 19.8 Å². The van der Waals surface area contributed by atoms with Gasteiger partial charge in [0.05, 0.1) is 10.9 Å². The predicted molar refractivity (Wildman–Crippen MR) is 97.5 cm³/mol. The first-order valence-corrected chi connectivity index (χ1v) is 8.61. The van der Waals surface area contributed by atoms with Gasteiger partial charge in [0.15, 0.2) is 0 Å².